The predicted molar refractivity (Wildman–Crippen MR) is 135 cm³/mol. The molecule has 0 aliphatic carbocycles. The van der Waals surface area contributed by atoms with Crippen LogP contribution in [0.4, 0.5) is 19.3 Å². The second-order valence-corrected chi connectivity index (χ2v) is 11.2. The summed E-state index contributed by atoms with van der Waals surface area (Å²) in [6.07, 6.45) is 0.816. The standard InChI is InChI=1S/C27H36F2N4O3/c1-17-8-9-22(20-7-6-11-30-24(17)20)33-14-18(2)21(15-33)31-23(34)13-19-10-12-32(16-27(19,28)29)25(35)36-26(3,4)5/h6-9,11,18-19,21H,10,12-16H2,1-5H3,(H,31,34)/t18-,19?,21+/m1/s1. The molecule has 2 aromatic rings. The Kier molecular flexibility index (Phi) is 7.12. The molecule has 2 aliphatic heterocycles. The van der Waals surface area contributed by atoms with Crippen LogP contribution in [0.25, 0.3) is 10.9 Å². The zero-order chi connectivity index (χ0) is 26.3. The molecule has 2 fully saturated rings. The maximum Gasteiger partial charge on any atom is 0.410 e. The van der Waals surface area contributed by atoms with Gasteiger partial charge in [0.2, 0.25) is 5.91 Å². The summed E-state index contributed by atoms with van der Waals surface area (Å²) in [6.45, 7) is 9.95. The second-order valence-electron chi connectivity index (χ2n) is 11.2. The van der Waals surface area contributed by atoms with Crippen LogP contribution in [-0.4, -0.2) is 65.6 Å². The number of carbonyl (C=O) groups excluding carboxylic acids is 2. The number of amides is 2. The summed E-state index contributed by atoms with van der Waals surface area (Å²) in [5, 5.41) is 4.07. The number of nitrogens with one attached hydrogen (secondary N) is 1. The number of carbonyl (C=O) groups is 2. The fourth-order valence-electron chi connectivity index (χ4n) is 5.13. The van der Waals surface area contributed by atoms with Gasteiger partial charge in [-0.05, 0) is 63.8 Å². The maximum absolute atomic E-state index is 14.9. The van der Waals surface area contributed by atoms with E-state index in [4.69, 9.17) is 4.74 Å². The number of aryl methyl sites for hydroxylation is 1. The number of aromatic nitrogens is 1. The van der Waals surface area contributed by atoms with Gasteiger partial charge in [0.05, 0.1) is 18.1 Å². The van der Waals surface area contributed by atoms with Crippen molar-refractivity contribution < 1.29 is 23.1 Å². The summed E-state index contributed by atoms with van der Waals surface area (Å²) in [7, 11) is 0. The molecule has 2 aliphatic rings. The SMILES string of the molecule is Cc1ccc(N2C[C@@H](C)[C@@H](NC(=O)CC3CCN(C(=O)OC(C)(C)C)CC3(F)F)C2)c2cccnc12. The molecule has 1 N–H and O–H groups in total. The summed E-state index contributed by atoms with van der Waals surface area (Å²) in [6, 6.07) is 7.95. The van der Waals surface area contributed by atoms with Gasteiger partial charge in [-0.15, -0.1) is 0 Å². The minimum absolute atomic E-state index is 0.0500. The molecule has 0 saturated carbocycles. The van der Waals surface area contributed by atoms with E-state index in [0.717, 1.165) is 33.6 Å². The number of fused-ring (bicyclic) bond motifs is 1. The lowest BCUT2D eigenvalue weighted by Crippen LogP contribution is -2.53. The zero-order valence-electron chi connectivity index (χ0n) is 21.7. The average molecular weight is 503 g/mol. The van der Waals surface area contributed by atoms with Crippen molar-refractivity contribution in [3.8, 4) is 0 Å². The summed E-state index contributed by atoms with van der Waals surface area (Å²) in [5.41, 5.74) is 2.37. The topological polar surface area (TPSA) is 74.8 Å². The van der Waals surface area contributed by atoms with E-state index < -0.39 is 30.1 Å². The fraction of sp³-hybridized carbons (Fsp3) is 0.593. The Balaban J connectivity index is 1.36. The minimum atomic E-state index is -3.16. The normalized spacial score (nSPS) is 24.1. The molecule has 1 aromatic heterocycles. The molecule has 0 radical (unpaired) electrons. The number of rotatable bonds is 4. The molecule has 0 bridgehead atoms. The van der Waals surface area contributed by atoms with E-state index in [9.17, 15) is 18.4 Å². The summed E-state index contributed by atoms with van der Waals surface area (Å²) in [4.78, 5) is 32.8. The summed E-state index contributed by atoms with van der Waals surface area (Å²) < 4.78 is 35.0. The number of alkyl halides is 2. The Morgan fingerprint density at radius 3 is 2.67 bits per heavy atom. The minimum Gasteiger partial charge on any atom is -0.444 e. The lowest BCUT2D eigenvalue weighted by Gasteiger charge is -2.38. The van der Waals surface area contributed by atoms with Crippen LogP contribution in [0.15, 0.2) is 30.5 Å². The molecule has 9 heteroatoms. The van der Waals surface area contributed by atoms with Gasteiger partial charge in [0.25, 0.3) is 5.92 Å². The lowest BCUT2D eigenvalue weighted by atomic mass is 9.89. The van der Waals surface area contributed by atoms with Crippen molar-refractivity contribution in [1.82, 2.24) is 15.2 Å². The van der Waals surface area contributed by atoms with Crippen molar-refractivity contribution >= 4 is 28.6 Å². The summed E-state index contributed by atoms with van der Waals surface area (Å²) >= 11 is 0. The Morgan fingerprint density at radius 1 is 1.22 bits per heavy atom. The first-order valence-corrected chi connectivity index (χ1v) is 12.6. The van der Waals surface area contributed by atoms with Crippen molar-refractivity contribution in [3.05, 3.63) is 36.0 Å². The van der Waals surface area contributed by atoms with Crippen LogP contribution in [0.2, 0.25) is 0 Å². The third kappa shape index (κ3) is 5.71. The molecule has 36 heavy (non-hydrogen) atoms. The van der Waals surface area contributed by atoms with Crippen LogP contribution in [0.5, 0.6) is 0 Å². The van der Waals surface area contributed by atoms with E-state index >= 15 is 0 Å². The monoisotopic (exact) mass is 502 g/mol. The molecule has 2 saturated heterocycles. The quantitative estimate of drug-likeness (QED) is 0.652. The van der Waals surface area contributed by atoms with Crippen molar-refractivity contribution in [2.75, 3.05) is 31.1 Å². The smallest absolute Gasteiger partial charge is 0.410 e. The average Bonchev–Trinajstić information content (AvgIpc) is 3.14. The Bertz CT molecular complexity index is 1130. The number of nitrogens with zero attached hydrogens (tertiary/aromatic N) is 3. The van der Waals surface area contributed by atoms with Gasteiger partial charge >= 0.3 is 6.09 Å². The van der Waals surface area contributed by atoms with Gasteiger partial charge in [0.15, 0.2) is 0 Å². The predicted octanol–water partition coefficient (Wildman–Crippen LogP) is 4.77. The van der Waals surface area contributed by atoms with Gasteiger partial charge in [-0.1, -0.05) is 13.0 Å². The number of pyridine rings is 1. The Labute approximate surface area is 211 Å². The van der Waals surface area contributed by atoms with Crippen molar-refractivity contribution in [2.24, 2.45) is 11.8 Å². The van der Waals surface area contributed by atoms with E-state index in [2.05, 4.69) is 28.2 Å². The largest absolute Gasteiger partial charge is 0.444 e. The van der Waals surface area contributed by atoms with Crippen LogP contribution in [0.3, 0.4) is 0 Å². The van der Waals surface area contributed by atoms with Gasteiger partial charge in [0, 0.05) is 49.2 Å². The molecule has 196 valence electrons. The third-order valence-electron chi connectivity index (χ3n) is 7.08. The van der Waals surface area contributed by atoms with Crippen molar-refractivity contribution in [1.29, 1.82) is 0 Å². The number of anilines is 1. The first-order chi connectivity index (χ1) is 16.8. The maximum atomic E-state index is 14.9. The van der Waals surface area contributed by atoms with Crippen molar-refractivity contribution in [2.45, 2.75) is 65.0 Å². The first-order valence-electron chi connectivity index (χ1n) is 12.6. The van der Waals surface area contributed by atoms with E-state index in [1.807, 2.05) is 25.1 Å². The van der Waals surface area contributed by atoms with E-state index in [1.165, 1.54) is 0 Å². The highest BCUT2D eigenvalue weighted by molar-refractivity contribution is 5.94. The van der Waals surface area contributed by atoms with Gasteiger partial charge in [-0.3, -0.25) is 9.78 Å². The highest BCUT2D eigenvalue weighted by atomic mass is 19.3. The lowest BCUT2D eigenvalue weighted by molar-refractivity contribution is -0.136. The van der Waals surface area contributed by atoms with Crippen LogP contribution in [0, 0.1) is 18.8 Å². The van der Waals surface area contributed by atoms with Crippen LogP contribution in [0.1, 0.15) is 46.1 Å². The van der Waals surface area contributed by atoms with E-state index in [1.54, 1.807) is 27.0 Å². The number of benzene rings is 1. The van der Waals surface area contributed by atoms with E-state index in [0.29, 0.717) is 6.54 Å². The molecule has 1 aromatic carbocycles. The number of likely N-dealkylation sites (tertiary alicyclic amines) is 1. The van der Waals surface area contributed by atoms with Crippen molar-refractivity contribution in [3.63, 3.8) is 0 Å². The van der Waals surface area contributed by atoms with Crippen LogP contribution < -0.4 is 10.2 Å². The van der Waals surface area contributed by atoms with Gasteiger partial charge in [-0.25, -0.2) is 13.6 Å². The molecule has 7 nitrogen and oxygen atoms in total. The molecule has 1 unspecified atom stereocenters. The molecular weight excluding hydrogens is 466 g/mol. The number of ether oxygens (including phenoxy) is 1. The first kappa shape index (κ1) is 26.1. The van der Waals surface area contributed by atoms with Crippen LogP contribution >= 0.6 is 0 Å². The van der Waals surface area contributed by atoms with Gasteiger partial charge in [-0.2, -0.15) is 0 Å². The van der Waals surface area contributed by atoms with E-state index in [-0.39, 0.29) is 37.3 Å². The highest BCUT2D eigenvalue weighted by Crippen LogP contribution is 2.36. The van der Waals surface area contributed by atoms with Crippen LogP contribution in [-0.2, 0) is 9.53 Å². The van der Waals surface area contributed by atoms with Gasteiger partial charge in [0.1, 0.15) is 5.60 Å². The molecule has 0 spiro atoms. The number of halogens is 2. The molecule has 4 rings (SSSR count). The van der Waals surface area contributed by atoms with Gasteiger partial charge < -0.3 is 19.9 Å². The highest BCUT2D eigenvalue weighted by Gasteiger charge is 2.47. The number of hydrogen-bond acceptors (Lipinski definition) is 5. The molecular formula is C27H36F2N4O3. The second kappa shape index (κ2) is 9.82. The molecule has 3 atom stereocenters. The third-order valence-corrected chi connectivity index (χ3v) is 7.08. The Morgan fingerprint density at radius 2 is 1.97 bits per heavy atom. The Hall–Kier alpha value is -2.97. The number of piperidine rings is 1. The zero-order valence-corrected chi connectivity index (χ0v) is 21.7. The molecule has 2 amide bonds. The number of hydrogen-bond donors (Lipinski definition) is 1. The molecule has 3 heterocycles. The fourth-order valence-corrected chi connectivity index (χ4v) is 5.13. The summed E-state index contributed by atoms with van der Waals surface area (Å²) in [5.74, 6) is -4.49.